The number of carbonyl (C=O) groups is 2. The monoisotopic (exact) mass is 449 g/mol. The van der Waals surface area contributed by atoms with Crippen molar-refractivity contribution in [3.8, 4) is 0 Å². The summed E-state index contributed by atoms with van der Waals surface area (Å²) < 4.78 is 38.4. The molecule has 0 saturated carbocycles. The molecule has 0 spiro atoms. The van der Waals surface area contributed by atoms with Crippen molar-refractivity contribution in [2.75, 3.05) is 13.1 Å². The third-order valence-electron chi connectivity index (χ3n) is 5.19. The zero-order chi connectivity index (χ0) is 23.9. The molecule has 0 aliphatic heterocycles. The maximum Gasteiger partial charge on any atom is 0.416 e. The first-order chi connectivity index (χ1) is 15.0. The van der Waals surface area contributed by atoms with Crippen LogP contribution in [0.4, 0.5) is 13.2 Å². The van der Waals surface area contributed by atoms with E-state index in [1.807, 2.05) is 20.8 Å². The van der Waals surface area contributed by atoms with Crippen LogP contribution >= 0.6 is 0 Å². The van der Waals surface area contributed by atoms with Crippen LogP contribution in [0.25, 0.3) is 0 Å². The molecule has 0 aliphatic carbocycles. The van der Waals surface area contributed by atoms with Crippen LogP contribution in [0.5, 0.6) is 0 Å². The molecular formula is C24H30F3N3O2. The van der Waals surface area contributed by atoms with Crippen molar-refractivity contribution in [2.45, 2.75) is 46.5 Å². The molecule has 1 atom stereocenters. The lowest BCUT2D eigenvalue weighted by Gasteiger charge is -2.23. The van der Waals surface area contributed by atoms with Crippen molar-refractivity contribution in [3.63, 3.8) is 0 Å². The normalized spacial score (nSPS) is 12.5. The predicted molar refractivity (Wildman–Crippen MR) is 118 cm³/mol. The Morgan fingerprint density at radius 1 is 1.03 bits per heavy atom. The highest BCUT2D eigenvalue weighted by Gasteiger charge is 2.31. The Bertz CT molecular complexity index is 942. The third kappa shape index (κ3) is 7.67. The number of amides is 2. The van der Waals surface area contributed by atoms with E-state index < -0.39 is 23.6 Å². The number of nitrogens with one attached hydrogen (secondary N) is 3. The minimum atomic E-state index is -4.54. The average molecular weight is 450 g/mol. The van der Waals surface area contributed by atoms with Gasteiger partial charge in [-0.05, 0) is 49.1 Å². The lowest BCUT2D eigenvalue weighted by atomic mass is 10.0. The van der Waals surface area contributed by atoms with Gasteiger partial charge in [-0.15, -0.1) is 0 Å². The fourth-order valence-electron chi connectivity index (χ4n) is 3.22. The van der Waals surface area contributed by atoms with Gasteiger partial charge in [0.1, 0.15) is 0 Å². The van der Waals surface area contributed by atoms with E-state index in [9.17, 15) is 22.8 Å². The van der Waals surface area contributed by atoms with Crippen molar-refractivity contribution < 1.29 is 22.8 Å². The van der Waals surface area contributed by atoms with Crippen LogP contribution in [-0.2, 0) is 17.5 Å². The second-order valence-electron chi connectivity index (χ2n) is 8.24. The summed E-state index contributed by atoms with van der Waals surface area (Å²) in [6.45, 7) is 8.93. The van der Waals surface area contributed by atoms with Gasteiger partial charge in [-0.2, -0.15) is 13.2 Å². The molecule has 2 rings (SSSR count). The standard InChI is InChI=1S/C24H30F3N3O2/c1-15(2)21(13-28-12-19-9-8-16(3)10-17(19)4)30-22(31)14-29-23(32)18-6-5-7-20(11-18)24(25,26)27/h5-11,15,21,28H,12-14H2,1-4H3,(H,29,32)(H,30,31)/t21-/m1/s1. The molecule has 5 nitrogen and oxygen atoms in total. The Labute approximate surface area is 186 Å². The van der Waals surface area contributed by atoms with Crippen molar-refractivity contribution in [1.82, 2.24) is 16.0 Å². The number of hydrogen-bond acceptors (Lipinski definition) is 3. The molecule has 32 heavy (non-hydrogen) atoms. The highest BCUT2D eigenvalue weighted by molar-refractivity contribution is 5.96. The van der Waals surface area contributed by atoms with E-state index in [1.54, 1.807) is 0 Å². The van der Waals surface area contributed by atoms with Gasteiger partial charge in [0, 0.05) is 24.7 Å². The van der Waals surface area contributed by atoms with Crippen LogP contribution in [0.3, 0.4) is 0 Å². The Morgan fingerprint density at radius 2 is 1.75 bits per heavy atom. The summed E-state index contributed by atoms with van der Waals surface area (Å²) in [5.74, 6) is -0.998. The van der Waals surface area contributed by atoms with Gasteiger partial charge in [0.05, 0.1) is 12.1 Å². The lowest BCUT2D eigenvalue weighted by molar-refractivity contribution is -0.137. The number of rotatable bonds is 9. The molecule has 2 aromatic rings. The fraction of sp³-hybridized carbons (Fsp3) is 0.417. The first-order valence-corrected chi connectivity index (χ1v) is 10.5. The zero-order valence-corrected chi connectivity index (χ0v) is 18.8. The molecule has 0 radical (unpaired) electrons. The molecule has 0 aliphatic rings. The summed E-state index contributed by atoms with van der Waals surface area (Å²) in [5, 5.41) is 8.60. The van der Waals surface area contributed by atoms with Crippen LogP contribution in [0, 0.1) is 19.8 Å². The first kappa shape index (κ1) is 25.4. The van der Waals surface area contributed by atoms with E-state index in [2.05, 4.69) is 41.1 Å². The highest BCUT2D eigenvalue weighted by atomic mass is 19.4. The Balaban J connectivity index is 1.85. The molecule has 0 bridgehead atoms. The van der Waals surface area contributed by atoms with Gasteiger partial charge in [-0.1, -0.05) is 43.7 Å². The number of aryl methyl sites for hydroxylation is 2. The van der Waals surface area contributed by atoms with Crippen molar-refractivity contribution in [3.05, 3.63) is 70.3 Å². The van der Waals surface area contributed by atoms with Crippen LogP contribution in [0.1, 0.15) is 46.5 Å². The largest absolute Gasteiger partial charge is 0.416 e. The number of hydrogen-bond donors (Lipinski definition) is 3. The summed E-state index contributed by atoms with van der Waals surface area (Å²) in [6.07, 6.45) is -4.54. The molecule has 0 heterocycles. The number of carbonyl (C=O) groups excluding carboxylic acids is 2. The van der Waals surface area contributed by atoms with Crippen molar-refractivity contribution in [2.24, 2.45) is 5.92 Å². The summed E-state index contributed by atoms with van der Waals surface area (Å²) in [4.78, 5) is 24.5. The molecular weight excluding hydrogens is 419 g/mol. The molecule has 2 aromatic carbocycles. The maximum absolute atomic E-state index is 12.8. The molecule has 2 amide bonds. The molecule has 0 fully saturated rings. The van der Waals surface area contributed by atoms with Crippen LogP contribution in [0.2, 0.25) is 0 Å². The second-order valence-corrected chi connectivity index (χ2v) is 8.24. The fourth-order valence-corrected chi connectivity index (χ4v) is 3.22. The van der Waals surface area contributed by atoms with Crippen LogP contribution in [0.15, 0.2) is 42.5 Å². The molecule has 0 aromatic heterocycles. The molecule has 8 heteroatoms. The minimum Gasteiger partial charge on any atom is -0.350 e. The summed E-state index contributed by atoms with van der Waals surface area (Å²) >= 11 is 0. The van der Waals surface area contributed by atoms with Gasteiger partial charge in [0.15, 0.2) is 0 Å². The van der Waals surface area contributed by atoms with Crippen molar-refractivity contribution >= 4 is 11.8 Å². The Hall–Kier alpha value is -2.87. The lowest BCUT2D eigenvalue weighted by Crippen LogP contribution is -2.48. The third-order valence-corrected chi connectivity index (χ3v) is 5.19. The predicted octanol–water partition coefficient (Wildman–Crippen LogP) is 3.98. The van der Waals surface area contributed by atoms with E-state index in [0.29, 0.717) is 13.1 Å². The number of halogens is 3. The second kappa shape index (κ2) is 11.1. The van der Waals surface area contributed by atoms with Crippen LogP contribution < -0.4 is 16.0 Å². The Morgan fingerprint density at radius 3 is 2.38 bits per heavy atom. The summed E-state index contributed by atoms with van der Waals surface area (Å²) in [5.41, 5.74) is 2.51. The first-order valence-electron chi connectivity index (χ1n) is 10.5. The van der Waals surface area contributed by atoms with E-state index in [0.717, 1.165) is 18.2 Å². The average Bonchev–Trinajstić information content (AvgIpc) is 2.72. The number of alkyl halides is 3. The van der Waals surface area contributed by atoms with Gasteiger partial charge in [0.2, 0.25) is 5.91 Å². The Kier molecular flexibility index (Phi) is 8.83. The smallest absolute Gasteiger partial charge is 0.350 e. The van der Waals surface area contributed by atoms with Gasteiger partial charge >= 0.3 is 6.18 Å². The maximum atomic E-state index is 12.8. The number of benzene rings is 2. The van der Waals surface area contributed by atoms with Gasteiger partial charge in [-0.3, -0.25) is 9.59 Å². The molecule has 174 valence electrons. The SMILES string of the molecule is Cc1ccc(CNC[C@@H](NC(=O)CNC(=O)c2cccc(C(F)(F)F)c2)C(C)C)c(C)c1. The topological polar surface area (TPSA) is 70.2 Å². The van der Waals surface area contributed by atoms with E-state index in [4.69, 9.17) is 0 Å². The van der Waals surface area contributed by atoms with E-state index >= 15 is 0 Å². The molecule has 0 unspecified atom stereocenters. The summed E-state index contributed by atoms with van der Waals surface area (Å²) in [6, 6.07) is 10.2. The highest BCUT2D eigenvalue weighted by Crippen LogP contribution is 2.29. The minimum absolute atomic E-state index is 0.143. The molecule has 3 N–H and O–H groups in total. The van der Waals surface area contributed by atoms with E-state index in [1.165, 1.54) is 22.8 Å². The van der Waals surface area contributed by atoms with Crippen molar-refractivity contribution in [1.29, 1.82) is 0 Å². The van der Waals surface area contributed by atoms with Gasteiger partial charge < -0.3 is 16.0 Å². The van der Waals surface area contributed by atoms with Crippen LogP contribution in [-0.4, -0.2) is 30.9 Å². The zero-order valence-electron chi connectivity index (χ0n) is 18.8. The molecule has 0 saturated heterocycles. The summed E-state index contributed by atoms with van der Waals surface area (Å²) in [7, 11) is 0. The van der Waals surface area contributed by atoms with E-state index in [-0.39, 0.29) is 24.1 Å². The quantitative estimate of drug-likeness (QED) is 0.542. The van der Waals surface area contributed by atoms with Gasteiger partial charge in [0.25, 0.3) is 5.91 Å². The van der Waals surface area contributed by atoms with Gasteiger partial charge in [-0.25, -0.2) is 0 Å².